The Morgan fingerprint density at radius 3 is 2.40 bits per heavy atom. The molecule has 0 amide bonds. The van der Waals surface area contributed by atoms with Gasteiger partial charge in [-0.2, -0.15) is 0 Å². The Hall–Kier alpha value is 0.650. The Morgan fingerprint density at radius 2 is 2.10 bits per heavy atom. The molecule has 0 fully saturated rings. The molecule has 1 atom stereocenters. The number of halogens is 1. The van der Waals surface area contributed by atoms with Gasteiger partial charge in [-0.25, -0.2) is 0 Å². The van der Waals surface area contributed by atoms with E-state index in [-0.39, 0.29) is 5.60 Å². The molecule has 10 heavy (non-hydrogen) atoms. The van der Waals surface area contributed by atoms with Crippen LogP contribution in [0.2, 0.25) is 0 Å². The standard InChI is InChI=1S/C7H15IO2/c1-4-5-7(2,3)10-6(8)9/h6,9H,4-5H2,1-3H3/t6-/m0/s1. The molecule has 0 radical (unpaired) electrons. The quantitative estimate of drug-likeness (QED) is 0.476. The summed E-state index contributed by atoms with van der Waals surface area (Å²) in [5.41, 5.74) is -0.185. The molecule has 0 saturated carbocycles. The fourth-order valence-electron chi connectivity index (χ4n) is 0.924. The maximum Gasteiger partial charge on any atom is 0.208 e. The van der Waals surface area contributed by atoms with Crippen molar-refractivity contribution in [1.29, 1.82) is 0 Å². The molecule has 0 aromatic rings. The minimum absolute atomic E-state index is 0.185. The first-order chi connectivity index (χ1) is 4.48. The van der Waals surface area contributed by atoms with E-state index in [0.29, 0.717) is 0 Å². The molecular weight excluding hydrogens is 243 g/mol. The van der Waals surface area contributed by atoms with Gasteiger partial charge >= 0.3 is 0 Å². The van der Waals surface area contributed by atoms with Crippen molar-refractivity contribution >= 4 is 22.6 Å². The first kappa shape index (κ1) is 10.7. The third kappa shape index (κ3) is 5.44. The largest absolute Gasteiger partial charge is 0.360 e. The highest BCUT2D eigenvalue weighted by Gasteiger charge is 2.19. The topological polar surface area (TPSA) is 29.5 Å². The fourth-order valence-corrected chi connectivity index (χ4v) is 1.61. The van der Waals surface area contributed by atoms with Crippen LogP contribution in [0.5, 0.6) is 0 Å². The summed E-state index contributed by atoms with van der Waals surface area (Å²) in [5, 5.41) is 8.88. The summed E-state index contributed by atoms with van der Waals surface area (Å²) in [6, 6.07) is 0. The molecular formula is C7H15IO2. The number of hydrogen-bond acceptors (Lipinski definition) is 2. The summed E-state index contributed by atoms with van der Waals surface area (Å²) in [6.07, 6.45) is 2.06. The van der Waals surface area contributed by atoms with Crippen LogP contribution < -0.4 is 0 Å². The average Bonchev–Trinajstić information content (AvgIpc) is 1.59. The van der Waals surface area contributed by atoms with Crippen molar-refractivity contribution in [3.05, 3.63) is 0 Å². The number of aliphatic hydroxyl groups is 1. The molecule has 0 aliphatic heterocycles. The minimum Gasteiger partial charge on any atom is -0.360 e. The Morgan fingerprint density at radius 1 is 1.60 bits per heavy atom. The van der Waals surface area contributed by atoms with Crippen LogP contribution in [0.3, 0.4) is 0 Å². The van der Waals surface area contributed by atoms with Crippen LogP contribution in [0, 0.1) is 0 Å². The number of ether oxygens (including phenoxy) is 1. The van der Waals surface area contributed by atoms with Crippen molar-refractivity contribution in [2.75, 3.05) is 0 Å². The molecule has 0 spiro atoms. The highest BCUT2D eigenvalue weighted by Crippen LogP contribution is 2.19. The van der Waals surface area contributed by atoms with E-state index >= 15 is 0 Å². The SMILES string of the molecule is CCCC(C)(C)O[C@H](O)I. The molecule has 0 aromatic heterocycles. The molecule has 0 bridgehead atoms. The number of alkyl halides is 1. The average molecular weight is 258 g/mol. The van der Waals surface area contributed by atoms with Crippen molar-refractivity contribution < 1.29 is 9.84 Å². The van der Waals surface area contributed by atoms with Crippen molar-refractivity contribution in [3.8, 4) is 0 Å². The second-order valence-corrected chi connectivity index (χ2v) is 3.99. The van der Waals surface area contributed by atoms with Crippen LogP contribution in [0.15, 0.2) is 0 Å². The number of aliphatic hydroxyl groups excluding tert-OH is 1. The highest BCUT2D eigenvalue weighted by molar-refractivity contribution is 14.1. The minimum atomic E-state index is -0.681. The third-order valence-corrected chi connectivity index (χ3v) is 1.52. The summed E-state index contributed by atoms with van der Waals surface area (Å²) >= 11 is 1.84. The molecule has 2 nitrogen and oxygen atoms in total. The van der Waals surface area contributed by atoms with Crippen molar-refractivity contribution in [3.63, 3.8) is 0 Å². The Labute approximate surface area is 76.1 Å². The van der Waals surface area contributed by atoms with E-state index in [4.69, 9.17) is 9.84 Å². The van der Waals surface area contributed by atoms with Gasteiger partial charge in [0.1, 0.15) is 0 Å². The van der Waals surface area contributed by atoms with Gasteiger partial charge in [0.2, 0.25) is 4.30 Å². The van der Waals surface area contributed by atoms with Gasteiger partial charge in [-0.1, -0.05) is 13.3 Å². The van der Waals surface area contributed by atoms with Gasteiger partial charge in [0, 0.05) is 0 Å². The van der Waals surface area contributed by atoms with Gasteiger partial charge < -0.3 is 9.84 Å². The molecule has 0 saturated heterocycles. The molecule has 1 N–H and O–H groups in total. The van der Waals surface area contributed by atoms with Crippen LogP contribution >= 0.6 is 22.6 Å². The van der Waals surface area contributed by atoms with E-state index in [1.54, 1.807) is 0 Å². The maximum absolute atomic E-state index is 8.88. The normalized spacial score (nSPS) is 15.3. The predicted molar refractivity (Wildman–Crippen MR) is 50.1 cm³/mol. The fraction of sp³-hybridized carbons (Fsp3) is 1.00. The van der Waals surface area contributed by atoms with Crippen molar-refractivity contribution in [2.45, 2.75) is 43.5 Å². The first-order valence-corrected chi connectivity index (χ1v) is 4.72. The van der Waals surface area contributed by atoms with Crippen LogP contribution in [-0.2, 0) is 4.74 Å². The summed E-state index contributed by atoms with van der Waals surface area (Å²) in [4.78, 5) is 0. The first-order valence-electron chi connectivity index (χ1n) is 3.48. The second kappa shape index (κ2) is 4.51. The van der Waals surface area contributed by atoms with Crippen LogP contribution in [-0.4, -0.2) is 15.0 Å². The van der Waals surface area contributed by atoms with Crippen LogP contribution in [0.1, 0.15) is 33.6 Å². The molecule has 0 aliphatic carbocycles. The Bertz CT molecular complexity index is 91.6. The van der Waals surface area contributed by atoms with Gasteiger partial charge in [0.15, 0.2) is 0 Å². The molecule has 0 unspecified atom stereocenters. The zero-order chi connectivity index (χ0) is 8.20. The van der Waals surface area contributed by atoms with Gasteiger partial charge in [0.25, 0.3) is 0 Å². The molecule has 0 heterocycles. The van der Waals surface area contributed by atoms with E-state index in [1.807, 2.05) is 36.4 Å². The van der Waals surface area contributed by atoms with Gasteiger partial charge in [-0.15, -0.1) is 0 Å². The van der Waals surface area contributed by atoms with E-state index in [1.165, 1.54) is 0 Å². The summed E-state index contributed by atoms with van der Waals surface area (Å²) < 4.78 is 4.54. The monoisotopic (exact) mass is 258 g/mol. The van der Waals surface area contributed by atoms with Crippen LogP contribution in [0.25, 0.3) is 0 Å². The van der Waals surface area contributed by atoms with Gasteiger partial charge in [0.05, 0.1) is 5.60 Å². The lowest BCUT2D eigenvalue weighted by atomic mass is 10.0. The second-order valence-electron chi connectivity index (χ2n) is 2.92. The van der Waals surface area contributed by atoms with E-state index in [0.717, 1.165) is 12.8 Å². The maximum atomic E-state index is 8.88. The Kier molecular flexibility index (Phi) is 4.81. The lowest BCUT2D eigenvalue weighted by molar-refractivity contribution is -0.114. The molecule has 0 rings (SSSR count). The summed E-state index contributed by atoms with van der Waals surface area (Å²) in [7, 11) is 0. The van der Waals surface area contributed by atoms with Crippen LogP contribution in [0.4, 0.5) is 0 Å². The van der Waals surface area contributed by atoms with Gasteiger partial charge in [-0.05, 0) is 42.9 Å². The third-order valence-electron chi connectivity index (χ3n) is 1.27. The molecule has 0 aromatic carbocycles. The van der Waals surface area contributed by atoms with E-state index in [2.05, 4.69) is 6.92 Å². The molecule has 0 aliphatic rings. The zero-order valence-electron chi connectivity index (χ0n) is 6.72. The smallest absolute Gasteiger partial charge is 0.208 e. The predicted octanol–water partition coefficient (Wildman–Crippen LogP) is 2.29. The lowest BCUT2D eigenvalue weighted by Crippen LogP contribution is -2.27. The number of rotatable bonds is 4. The summed E-state index contributed by atoms with van der Waals surface area (Å²) in [6.45, 7) is 6.07. The van der Waals surface area contributed by atoms with E-state index < -0.39 is 4.30 Å². The molecule has 3 heteroatoms. The van der Waals surface area contributed by atoms with E-state index in [9.17, 15) is 0 Å². The lowest BCUT2D eigenvalue weighted by Gasteiger charge is -2.25. The Balaban J connectivity index is 3.63. The molecule has 62 valence electrons. The van der Waals surface area contributed by atoms with Crippen molar-refractivity contribution in [2.24, 2.45) is 0 Å². The summed E-state index contributed by atoms with van der Waals surface area (Å²) in [5.74, 6) is 0. The van der Waals surface area contributed by atoms with Crippen molar-refractivity contribution in [1.82, 2.24) is 0 Å². The zero-order valence-corrected chi connectivity index (χ0v) is 8.88. The highest BCUT2D eigenvalue weighted by atomic mass is 127. The van der Waals surface area contributed by atoms with Gasteiger partial charge in [-0.3, -0.25) is 0 Å². The number of hydrogen-bond donors (Lipinski definition) is 1.